The van der Waals surface area contributed by atoms with Crippen molar-refractivity contribution in [2.75, 3.05) is 0 Å². The van der Waals surface area contributed by atoms with Crippen LogP contribution in [0.5, 0.6) is 0 Å². The number of carbonyl (C=O) groups is 1. The molecular weight excluding hydrogens is 236 g/mol. The molecule has 0 saturated heterocycles. The first kappa shape index (κ1) is 10.4. The summed E-state index contributed by atoms with van der Waals surface area (Å²) in [5.41, 5.74) is 0.718. The zero-order valence-corrected chi connectivity index (χ0v) is 9.91. The van der Waals surface area contributed by atoms with Gasteiger partial charge in [0.1, 0.15) is 5.58 Å². The van der Waals surface area contributed by atoms with E-state index in [0.717, 1.165) is 21.7 Å². The van der Waals surface area contributed by atoms with Gasteiger partial charge < -0.3 is 4.42 Å². The highest BCUT2D eigenvalue weighted by atomic mass is 35.5. The van der Waals surface area contributed by atoms with Crippen molar-refractivity contribution < 1.29 is 9.21 Å². The van der Waals surface area contributed by atoms with Crippen LogP contribution in [0.1, 0.15) is 17.5 Å². The van der Waals surface area contributed by atoms with Crippen molar-refractivity contribution >= 4 is 39.1 Å². The predicted molar refractivity (Wildman–Crippen MR) is 68.7 cm³/mol. The lowest BCUT2D eigenvalue weighted by Gasteiger charge is -2.00. The van der Waals surface area contributed by atoms with E-state index in [2.05, 4.69) is 0 Å². The van der Waals surface area contributed by atoms with E-state index >= 15 is 0 Å². The zero-order valence-electron chi connectivity index (χ0n) is 9.16. The Balaban J connectivity index is 2.50. The molecule has 0 radical (unpaired) electrons. The molecule has 2 aromatic carbocycles. The van der Waals surface area contributed by atoms with Crippen molar-refractivity contribution in [3.05, 3.63) is 47.2 Å². The molecule has 84 valence electrons. The minimum absolute atomic E-state index is 0.0820. The minimum Gasteiger partial charge on any atom is -0.452 e. The Kier molecular flexibility index (Phi) is 2.20. The fourth-order valence-electron chi connectivity index (χ4n) is 2.00. The van der Waals surface area contributed by atoms with E-state index in [0.29, 0.717) is 10.8 Å². The third-order valence-electron chi connectivity index (χ3n) is 2.82. The molecule has 0 unspecified atom stereocenters. The highest BCUT2D eigenvalue weighted by molar-refractivity contribution is 6.37. The van der Waals surface area contributed by atoms with Gasteiger partial charge >= 0.3 is 0 Å². The zero-order chi connectivity index (χ0) is 12.0. The summed E-state index contributed by atoms with van der Waals surface area (Å²) in [6.07, 6.45) is 0. The monoisotopic (exact) mass is 244 g/mol. The standard InChI is InChI=1S/C14H9ClO2/c1-8(16)13-7-9-6-12(15)10-4-2-3-5-11(10)14(9)17-13/h2-7H,1H3. The molecule has 1 heterocycles. The molecule has 0 fully saturated rings. The van der Waals surface area contributed by atoms with Crippen molar-refractivity contribution in [2.24, 2.45) is 0 Å². The Morgan fingerprint density at radius 3 is 2.59 bits per heavy atom. The maximum absolute atomic E-state index is 11.3. The molecule has 3 rings (SSSR count). The van der Waals surface area contributed by atoms with Gasteiger partial charge in [-0.3, -0.25) is 4.79 Å². The van der Waals surface area contributed by atoms with Crippen LogP contribution in [-0.2, 0) is 0 Å². The van der Waals surface area contributed by atoms with Crippen LogP contribution in [0.4, 0.5) is 0 Å². The molecule has 0 saturated carbocycles. The lowest BCUT2D eigenvalue weighted by atomic mass is 10.1. The molecule has 17 heavy (non-hydrogen) atoms. The fraction of sp³-hybridized carbons (Fsp3) is 0.0714. The summed E-state index contributed by atoms with van der Waals surface area (Å²) < 4.78 is 5.59. The summed E-state index contributed by atoms with van der Waals surface area (Å²) in [6.45, 7) is 1.49. The van der Waals surface area contributed by atoms with Gasteiger partial charge in [-0.25, -0.2) is 0 Å². The lowest BCUT2D eigenvalue weighted by molar-refractivity contribution is 0.0989. The van der Waals surface area contributed by atoms with E-state index in [1.165, 1.54) is 6.92 Å². The van der Waals surface area contributed by atoms with Gasteiger partial charge in [0.25, 0.3) is 0 Å². The number of Topliss-reactive ketones (excluding diaryl/α,β-unsaturated/α-hetero) is 1. The molecule has 2 nitrogen and oxygen atoms in total. The minimum atomic E-state index is -0.0820. The second-order valence-electron chi connectivity index (χ2n) is 3.99. The molecule has 0 atom stereocenters. The van der Waals surface area contributed by atoms with E-state index < -0.39 is 0 Å². The quantitative estimate of drug-likeness (QED) is 0.593. The SMILES string of the molecule is CC(=O)c1cc2cc(Cl)c3ccccc3c2o1. The molecule has 3 heteroatoms. The first-order chi connectivity index (χ1) is 8.16. The summed E-state index contributed by atoms with van der Waals surface area (Å²) in [7, 11) is 0. The maximum atomic E-state index is 11.3. The number of furan rings is 1. The van der Waals surface area contributed by atoms with Crippen LogP contribution in [0.25, 0.3) is 21.7 Å². The molecule has 0 spiro atoms. The number of ketones is 1. The number of halogens is 1. The van der Waals surface area contributed by atoms with E-state index in [4.69, 9.17) is 16.0 Å². The summed E-state index contributed by atoms with van der Waals surface area (Å²) in [6, 6.07) is 11.3. The predicted octanol–water partition coefficient (Wildman–Crippen LogP) is 4.44. The van der Waals surface area contributed by atoms with Crippen LogP contribution >= 0.6 is 11.6 Å². The average molecular weight is 245 g/mol. The Labute approximate surface area is 103 Å². The van der Waals surface area contributed by atoms with E-state index in [1.807, 2.05) is 30.3 Å². The van der Waals surface area contributed by atoms with Crippen LogP contribution in [0.3, 0.4) is 0 Å². The Morgan fingerprint density at radius 1 is 1.18 bits per heavy atom. The summed E-state index contributed by atoms with van der Waals surface area (Å²) >= 11 is 6.20. The first-order valence-corrected chi connectivity index (χ1v) is 5.66. The summed E-state index contributed by atoms with van der Waals surface area (Å²) in [5.74, 6) is 0.286. The van der Waals surface area contributed by atoms with Crippen LogP contribution in [-0.4, -0.2) is 5.78 Å². The average Bonchev–Trinajstić information content (AvgIpc) is 2.73. The van der Waals surface area contributed by atoms with Gasteiger partial charge in [0, 0.05) is 28.1 Å². The van der Waals surface area contributed by atoms with Crippen molar-refractivity contribution in [1.29, 1.82) is 0 Å². The number of fused-ring (bicyclic) bond motifs is 3. The molecule has 0 N–H and O–H groups in total. The largest absolute Gasteiger partial charge is 0.452 e. The highest BCUT2D eigenvalue weighted by Crippen LogP contribution is 2.33. The number of carbonyl (C=O) groups excluding carboxylic acids is 1. The molecule has 0 aliphatic rings. The number of rotatable bonds is 1. The van der Waals surface area contributed by atoms with Gasteiger partial charge in [-0.15, -0.1) is 0 Å². The molecule has 0 bridgehead atoms. The van der Waals surface area contributed by atoms with Crippen LogP contribution in [0, 0.1) is 0 Å². The molecule has 1 aromatic heterocycles. The van der Waals surface area contributed by atoms with Gasteiger partial charge in [0.2, 0.25) is 0 Å². The van der Waals surface area contributed by atoms with Gasteiger partial charge in [0.05, 0.1) is 0 Å². The fourth-order valence-corrected chi connectivity index (χ4v) is 2.28. The maximum Gasteiger partial charge on any atom is 0.194 e. The molecular formula is C14H9ClO2. The van der Waals surface area contributed by atoms with Gasteiger partial charge in [-0.1, -0.05) is 35.9 Å². The number of hydrogen-bond donors (Lipinski definition) is 0. The summed E-state index contributed by atoms with van der Waals surface area (Å²) in [5, 5.41) is 3.40. The molecule has 0 aliphatic heterocycles. The van der Waals surface area contributed by atoms with E-state index in [1.54, 1.807) is 6.07 Å². The second kappa shape index (κ2) is 3.60. The normalized spacial score (nSPS) is 11.2. The number of benzene rings is 2. The van der Waals surface area contributed by atoms with Crippen LogP contribution in [0.15, 0.2) is 40.8 Å². The molecule has 0 aliphatic carbocycles. The van der Waals surface area contributed by atoms with E-state index in [-0.39, 0.29) is 5.78 Å². The van der Waals surface area contributed by atoms with Crippen molar-refractivity contribution in [1.82, 2.24) is 0 Å². The van der Waals surface area contributed by atoms with E-state index in [9.17, 15) is 4.79 Å². The van der Waals surface area contributed by atoms with Crippen molar-refractivity contribution in [3.63, 3.8) is 0 Å². The van der Waals surface area contributed by atoms with Crippen molar-refractivity contribution in [2.45, 2.75) is 6.92 Å². The smallest absolute Gasteiger partial charge is 0.194 e. The van der Waals surface area contributed by atoms with Crippen LogP contribution < -0.4 is 0 Å². The molecule has 3 aromatic rings. The van der Waals surface area contributed by atoms with Crippen LogP contribution in [0.2, 0.25) is 5.02 Å². The van der Waals surface area contributed by atoms with Crippen molar-refractivity contribution in [3.8, 4) is 0 Å². The topological polar surface area (TPSA) is 30.2 Å². The first-order valence-electron chi connectivity index (χ1n) is 5.28. The third kappa shape index (κ3) is 1.53. The van der Waals surface area contributed by atoms with Gasteiger partial charge in [0.15, 0.2) is 11.5 Å². The Hall–Kier alpha value is -1.80. The van der Waals surface area contributed by atoms with Gasteiger partial charge in [-0.05, 0) is 12.1 Å². The Morgan fingerprint density at radius 2 is 1.88 bits per heavy atom. The molecule has 0 amide bonds. The van der Waals surface area contributed by atoms with Gasteiger partial charge in [-0.2, -0.15) is 0 Å². The Bertz CT molecular complexity index is 740. The third-order valence-corrected chi connectivity index (χ3v) is 3.13. The lowest BCUT2D eigenvalue weighted by Crippen LogP contribution is -1.85. The summed E-state index contributed by atoms with van der Waals surface area (Å²) in [4.78, 5) is 11.3. The number of hydrogen-bond acceptors (Lipinski definition) is 2. The second-order valence-corrected chi connectivity index (χ2v) is 4.40. The highest BCUT2D eigenvalue weighted by Gasteiger charge is 2.12.